The molecule has 0 bridgehead atoms. The van der Waals surface area contributed by atoms with Crippen molar-refractivity contribution in [2.24, 2.45) is 5.73 Å². The zero-order valence-corrected chi connectivity index (χ0v) is 8.90. The number of unbranched alkanes of at least 4 members (excludes halogenated alkanes) is 1. The second-order valence-electron chi connectivity index (χ2n) is 3.22. The molecule has 1 aromatic rings. The van der Waals surface area contributed by atoms with E-state index >= 15 is 0 Å². The Morgan fingerprint density at radius 3 is 3.00 bits per heavy atom. The largest absolute Gasteiger partial charge is 0.494 e. The van der Waals surface area contributed by atoms with Gasteiger partial charge in [0.25, 0.3) is 0 Å². The lowest BCUT2D eigenvalue weighted by molar-refractivity contribution is 0.0971. The van der Waals surface area contributed by atoms with E-state index in [1.165, 1.54) is 7.11 Å². The number of pyridine rings is 1. The highest BCUT2D eigenvalue weighted by Crippen LogP contribution is 2.17. The summed E-state index contributed by atoms with van der Waals surface area (Å²) in [6.07, 6.45) is 3.74. The van der Waals surface area contributed by atoms with Crippen molar-refractivity contribution in [2.75, 3.05) is 13.7 Å². The molecule has 0 amide bonds. The van der Waals surface area contributed by atoms with Crippen LogP contribution in [0.25, 0.3) is 0 Å². The van der Waals surface area contributed by atoms with Crippen molar-refractivity contribution >= 4 is 5.78 Å². The third kappa shape index (κ3) is 3.32. The van der Waals surface area contributed by atoms with E-state index in [-0.39, 0.29) is 5.78 Å². The van der Waals surface area contributed by atoms with Gasteiger partial charge in [0.05, 0.1) is 7.11 Å². The van der Waals surface area contributed by atoms with E-state index in [0.29, 0.717) is 24.4 Å². The lowest BCUT2D eigenvalue weighted by atomic mass is 10.1. The van der Waals surface area contributed by atoms with Crippen LogP contribution < -0.4 is 10.5 Å². The molecule has 0 aliphatic heterocycles. The molecule has 2 N–H and O–H groups in total. The van der Waals surface area contributed by atoms with Crippen molar-refractivity contribution in [1.29, 1.82) is 0 Å². The Morgan fingerprint density at radius 1 is 1.53 bits per heavy atom. The molecule has 0 unspecified atom stereocenters. The summed E-state index contributed by atoms with van der Waals surface area (Å²) in [4.78, 5) is 15.7. The molecule has 0 radical (unpaired) electrons. The van der Waals surface area contributed by atoms with Crippen LogP contribution in [0.1, 0.15) is 29.8 Å². The fourth-order valence-electron chi connectivity index (χ4n) is 1.31. The fourth-order valence-corrected chi connectivity index (χ4v) is 1.31. The Labute approximate surface area is 89.5 Å². The van der Waals surface area contributed by atoms with Crippen LogP contribution in [-0.2, 0) is 0 Å². The maximum atomic E-state index is 11.7. The number of nitrogens with two attached hydrogens (primary N) is 1. The topological polar surface area (TPSA) is 65.2 Å². The van der Waals surface area contributed by atoms with Crippen LogP contribution in [0.5, 0.6) is 5.75 Å². The van der Waals surface area contributed by atoms with E-state index in [1.54, 1.807) is 18.3 Å². The first-order valence-corrected chi connectivity index (χ1v) is 5.02. The second kappa shape index (κ2) is 6.14. The Hall–Kier alpha value is -1.42. The highest BCUT2D eigenvalue weighted by molar-refractivity contribution is 5.96. The van der Waals surface area contributed by atoms with Crippen molar-refractivity contribution in [3.63, 3.8) is 0 Å². The number of carbonyl (C=O) groups is 1. The van der Waals surface area contributed by atoms with Gasteiger partial charge in [-0.2, -0.15) is 0 Å². The molecule has 0 aliphatic rings. The number of methoxy groups -OCH3 is 1. The fraction of sp³-hybridized carbons (Fsp3) is 0.455. The van der Waals surface area contributed by atoms with Gasteiger partial charge in [-0.3, -0.25) is 4.79 Å². The molecule has 0 aliphatic carbocycles. The zero-order chi connectivity index (χ0) is 11.1. The molecule has 82 valence electrons. The summed E-state index contributed by atoms with van der Waals surface area (Å²) in [5.74, 6) is 0.552. The summed E-state index contributed by atoms with van der Waals surface area (Å²) in [5.41, 5.74) is 5.77. The van der Waals surface area contributed by atoms with Crippen molar-refractivity contribution in [3.8, 4) is 5.75 Å². The number of ether oxygens (including phenoxy) is 1. The minimum absolute atomic E-state index is 0.0147. The molecule has 1 aromatic heterocycles. The van der Waals surface area contributed by atoms with Gasteiger partial charge in [0.2, 0.25) is 0 Å². The number of hydrogen-bond acceptors (Lipinski definition) is 4. The Bertz CT molecular complexity index is 326. The predicted octanol–water partition coefficient (Wildman–Crippen LogP) is 1.40. The minimum Gasteiger partial charge on any atom is -0.494 e. The van der Waals surface area contributed by atoms with Gasteiger partial charge in [0.15, 0.2) is 5.78 Å². The molecular formula is C11H16N2O2. The lowest BCUT2D eigenvalue weighted by Gasteiger charge is -2.05. The van der Waals surface area contributed by atoms with Gasteiger partial charge in [0, 0.05) is 12.6 Å². The van der Waals surface area contributed by atoms with Crippen LogP contribution in [0.15, 0.2) is 18.3 Å². The molecule has 0 aromatic carbocycles. The number of hydrogen-bond donors (Lipinski definition) is 1. The maximum absolute atomic E-state index is 11.7. The lowest BCUT2D eigenvalue weighted by Crippen LogP contribution is -2.06. The highest BCUT2D eigenvalue weighted by atomic mass is 16.5. The smallest absolute Gasteiger partial charge is 0.184 e. The molecule has 1 heterocycles. The van der Waals surface area contributed by atoms with Crippen LogP contribution in [0.3, 0.4) is 0 Å². The third-order valence-electron chi connectivity index (χ3n) is 2.11. The van der Waals surface area contributed by atoms with Crippen LogP contribution in [0.2, 0.25) is 0 Å². The van der Waals surface area contributed by atoms with Crippen molar-refractivity contribution in [1.82, 2.24) is 4.98 Å². The normalized spacial score (nSPS) is 10.0. The standard InChI is InChI=1S/C11H16N2O2/c1-15-10-6-4-8-13-11(10)9(14)5-2-3-7-12/h4,6,8H,2-3,5,7,12H2,1H3. The summed E-state index contributed by atoms with van der Waals surface area (Å²) in [6, 6.07) is 3.48. The van der Waals surface area contributed by atoms with Crippen LogP contribution in [-0.4, -0.2) is 24.4 Å². The molecule has 4 nitrogen and oxygen atoms in total. The Kier molecular flexibility index (Phi) is 4.77. The van der Waals surface area contributed by atoms with Crippen molar-refractivity contribution < 1.29 is 9.53 Å². The van der Waals surface area contributed by atoms with E-state index in [0.717, 1.165) is 12.8 Å². The molecule has 0 saturated heterocycles. The molecule has 0 fully saturated rings. The molecule has 0 atom stereocenters. The number of Topliss-reactive ketones (excluding diaryl/α,β-unsaturated/α-hetero) is 1. The molecule has 0 spiro atoms. The maximum Gasteiger partial charge on any atom is 0.184 e. The van der Waals surface area contributed by atoms with Gasteiger partial charge in [-0.25, -0.2) is 4.98 Å². The van der Waals surface area contributed by atoms with Gasteiger partial charge in [-0.05, 0) is 31.5 Å². The van der Waals surface area contributed by atoms with Gasteiger partial charge in [-0.1, -0.05) is 0 Å². The van der Waals surface area contributed by atoms with Crippen LogP contribution in [0, 0.1) is 0 Å². The van der Waals surface area contributed by atoms with Gasteiger partial charge < -0.3 is 10.5 Å². The van der Waals surface area contributed by atoms with E-state index in [4.69, 9.17) is 10.5 Å². The quantitative estimate of drug-likeness (QED) is 0.567. The van der Waals surface area contributed by atoms with Crippen molar-refractivity contribution in [2.45, 2.75) is 19.3 Å². The third-order valence-corrected chi connectivity index (χ3v) is 2.11. The zero-order valence-electron chi connectivity index (χ0n) is 8.90. The first kappa shape index (κ1) is 11.7. The first-order chi connectivity index (χ1) is 7.29. The Morgan fingerprint density at radius 2 is 2.33 bits per heavy atom. The van der Waals surface area contributed by atoms with Crippen molar-refractivity contribution in [3.05, 3.63) is 24.0 Å². The van der Waals surface area contributed by atoms with Crippen LogP contribution in [0.4, 0.5) is 0 Å². The molecule has 15 heavy (non-hydrogen) atoms. The van der Waals surface area contributed by atoms with Gasteiger partial charge in [0.1, 0.15) is 11.4 Å². The number of nitrogens with zero attached hydrogens (tertiary/aromatic N) is 1. The SMILES string of the molecule is COc1cccnc1C(=O)CCCCN. The summed E-state index contributed by atoms with van der Waals surface area (Å²) >= 11 is 0. The van der Waals surface area contributed by atoms with E-state index in [9.17, 15) is 4.79 Å². The average Bonchev–Trinajstić information content (AvgIpc) is 2.29. The van der Waals surface area contributed by atoms with Crippen LogP contribution >= 0.6 is 0 Å². The van der Waals surface area contributed by atoms with E-state index in [1.807, 2.05) is 0 Å². The van der Waals surface area contributed by atoms with E-state index in [2.05, 4.69) is 4.98 Å². The molecule has 1 rings (SSSR count). The number of aromatic nitrogens is 1. The number of ketones is 1. The number of rotatable bonds is 6. The Balaban J connectivity index is 2.64. The highest BCUT2D eigenvalue weighted by Gasteiger charge is 2.12. The van der Waals surface area contributed by atoms with E-state index < -0.39 is 0 Å². The summed E-state index contributed by atoms with van der Waals surface area (Å²) < 4.78 is 5.06. The average molecular weight is 208 g/mol. The summed E-state index contributed by atoms with van der Waals surface area (Å²) in [5, 5.41) is 0. The minimum atomic E-state index is 0.0147. The molecular weight excluding hydrogens is 192 g/mol. The van der Waals surface area contributed by atoms with Gasteiger partial charge >= 0.3 is 0 Å². The summed E-state index contributed by atoms with van der Waals surface area (Å²) in [7, 11) is 1.54. The monoisotopic (exact) mass is 208 g/mol. The second-order valence-corrected chi connectivity index (χ2v) is 3.22. The summed E-state index contributed by atoms with van der Waals surface area (Å²) in [6.45, 7) is 0.618. The predicted molar refractivity (Wildman–Crippen MR) is 58.0 cm³/mol. The van der Waals surface area contributed by atoms with Gasteiger partial charge in [-0.15, -0.1) is 0 Å². The first-order valence-electron chi connectivity index (χ1n) is 5.02. The molecule has 0 saturated carbocycles. The number of carbonyl (C=O) groups excluding carboxylic acids is 1. The molecule has 4 heteroatoms.